The average molecular weight is 492 g/mol. The Kier molecular flexibility index (Phi) is 8.65. The summed E-state index contributed by atoms with van der Waals surface area (Å²) in [7, 11) is 3.25. The number of hydrogen-bond acceptors (Lipinski definition) is 6. The molecule has 0 aliphatic carbocycles. The number of likely N-dealkylation sites (tertiary alicyclic amines) is 1. The summed E-state index contributed by atoms with van der Waals surface area (Å²) in [6.07, 6.45) is 3.65. The summed E-state index contributed by atoms with van der Waals surface area (Å²) < 4.78 is 16.7. The summed E-state index contributed by atoms with van der Waals surface area (Å²) in [6, 6.07) is 14.2. The van der Waals surface area contributed by atoms with Crippen LogP contribution in [-0.2, 0) is 24.2 Å². The molecule has 0 saturated carbocycles. The normalized spacial score (nSPS) is 16.1. The van der Waals surface area contributed by atoms with Crippen LogP contribution in [0.3, 0.4) is 0 Å². The van der Waals surface area contributed by atoms with E-state index in [1.54, 1.807) is 14.2 Å². The number of rotatable bonds is 10. The number of nitrogens with one attached hydrogen (secondary N) is 1. The van der Waals surface area contributed by atoms with Crippen LogP contribution in [0.2, 0.25) is 0 Å². The molecule has 4 rings (SSSR count). The zero-order valence-corrected chi connectivity index (χ0v) is 21.8. The molecule has 7 heteroatoms. The van der Waals surface area contributed by atoms with Gasteiger partial charge in [0.15, 0.2) is 11.5 Å². The Labute approximate surface area is 213 Å². The predicted molar refractivity (Wildman–Crippen MR) is 140 cm³/mol. The largest absolute Gasteiger partial charge is 0.493 e. The fourth-order valence-electron chi connectivity index (χ4n) is 4.72. The summed E-state index contributed by atoms with van der Waals surface area (Å²) in [6.45, 7) is 7.09. The standard InChI is InChI=1S/C29H37N3O4/c1-5-21-8-11-23(12-9-21)29-31-25(20(2)36-29)19-32-16-6-7-24(18-32)28(33)30-15-14-22-10-13-26(34-3)27(17-22)35-4/h8-13,17,24H,5-7,14-16,18-19H2,1-4H3,(H,30,33)/t24-/m0/s1. The van der Waals surface area contributed by atoms with Crippen molar-refractivity contribution in [2.24, 2.45) is 5.92 Å². The molecule has 3 aromatic rings. The predicted octanol–water partition coefficient (Wildman–Crippen LogP) is 4.80. The van der Waals surface area contributed by atoms with Crippen molar-refractivity contribution in [3.63, 3.8) is 0 Å². The van der Waals surface area contributed by atoms with Crippen molar-refractivity contribution in [3.05, 3.63) is 65.0 Å². The van der Waals surface area contributed by atoms with Crippen LogP contribution in [-0.4, -0.2) is 49.6 Å². The number of benzene rings is 2. The van der Waals surface area contributed by atoms with Crippen molar-refractivity contribution < 1.29 is 18.7 Å². The summed E-state index contributed by atoms with van der Waals surface area (Å²) in [4.78, 5) is 20.0. The second-order valence-electron chi connectivity index (χ2n) is 9.38. The van der Waals surface area contributed by atoms with Gasteiger partial charge in [-0.2, -0.15) is 0 Å². The Morgan fingerprint density at radius 1 is 1.11 bits per heavy atom. The summed E-state index contributed by atoms with van der Waals surface area (Å²) in [5.41, 5.74) is 4.33. The second kappa shape index (κ2) is 12.1. The van der Waals surface area contributed by atoms with Crippen molar-refractivity contribution in [2.45, 2.75) is 46.1 Å². The fourth-order valence-corrected chi connectivity index (χ4v) is 4.72. The molecular formula is C29H37N3O4. The number of nitrogens with zero attached hydrogens (tertiary/aromatic N) is 2. The number of aryl methyl sites for hydroxylation is 2. The highest BCUT2D eigenvalue weighted by molar-refractivity contribution is 5.79. The fraction of sp³-hybridized carbons (Fsp3) is 0.448. The van der Waals surface area contributed by atoms with E-state index in [-0.39, 0.29) is 11.8 Å². The van der Waals surface area contributed by atoms with Gasteiger partial charge in [0.05, 0.1) is 25.8 Å². The molecule has 36 heavy (non-hydrogen) atoms. The Morgan fingerprint density at radius 3 is 2.58 bits per heavy atom. The minimum Gasteiger partial charge on any atom is -0.493 e. The molecule has 0 unspecified atom stereocenters. The minimum absolute atomic E-state index is 0.0163. The van der Waals surface area contributed by atoms with E-state index < -0.39 is 0 Å². The van der Waals surface area contributed by atoms with E-state index in [2.05, 4.69) is 41.4 Å². The van der Waals surface area contributed by atoms with Crippen LogP contribution in [0, 0.1) is 12.8 Å². The van der Waals surface area contributed by atoms with Gasteiger partial charge in [-0.15, -0.1) is 0 Å². The lowest BCUT2D eigenvalue weighted by atomic mass is 9.97. The van der Waals surface area contributed by atoms with Gasteiger partial charge in [-0.3, -0.25) is 9.69 Å². The van der Waals surface area contributed by atoms with Crippen molar-refractivity contribution in [1.29, 1.82) is 0 Å². The van der Waals surface area contributed by atoms with Crippen molar-refractivity contribution >= 4 is 5.91 Å². The van der Waals surface area contributed by atoms with Crippen LogP contribution in [0.4, 0.5) is 0 Å². The Hall–Kier alpha value is -3.32. The first-order valence-electron chi connectivity index (χ1n) is 12.8. The quantitative estimate of drug-likeness (QED) is 0.439. The molecule has 1 N–H and O–H groups in total. The van der Waals surface area contributed by atoms with Gasteiger partial charge in [0.2, 0.25) is 11.8 Å². The second-order valence-corrected chi connectivity index (χ2v) is 9.38. The molecule has 1 saturated heterocycles. The Morgan fingerprint density at radius 2 is 1.86 bits per heavy atom. The first-order chi connectivity index (χ1) is 17.5. The van der Waals surface area contributed by atoms with Crippen LogP contribution in [0.25, 0.3) is 11.5 Å². The van der Waals surface area contributed by atoms with Crippen LogP contribution >= 0.6 is 0 Å². The number of carbonyl (C=O) groups excluding carboxylic acids is 1. The van der Waals surface area contributed by atoms with Crippen molar-refractivity contribution in [2.75, 3.05) is 33.9 Å². The lowest BCUT2D eigenvalue weighted by Crippen LogP contribution is -2.43. The maximum absolute atomic E-state index is 12.9. The number of carbonyl (C=O) groups is 1. The molecular weight excluding hydrogens is 454 g/mol. The average Bonchev–Trinajstić information content (AvgIpc) is 3.28. The van der Waals surface area contributed by atoms with Crippen LogP contribution in [0.5, 0.6) is 11.5 Å². The maximum atomic E-state index is 12.9. The third-order valence-corrected chi connectivity index (χ3v) is 6.91. The molecule has 0 radical (unpaired) electrons. The molecule has 1 fully saturated rings. The monoisotopic (exact) mass is 491 g/mol. The minimum atomic E-state index is -0.0163. The van der Waals surface area contributed by atoms with Gasteiger partial charge in [-0.25, -0.2) is 4.98 Å². The first-order valence-corrected chi connectivity index (χ1v) is 12.8. The third-order valence-electron chi connectivity index (χ3n) is 6.91. The van der Waals surface area contributed by atoms with E-state index >= 15 is 0 Å². The van der Waals surface area contributed by atoms with E-state index in [0.717, 1.165) is 61.4 Å². The summed E-state index contributed by atoms with van der Waals surface area (Å²) in [5, 5.41) is 3.13. The molecule has 7 nitrogen and oxygen atoms in total. The van der Waals surface area contributed by atoms with E-state index in [0.29, 0.717) is 30.5 Å². The molecule has 2 heterocycles. The Bertz CT molecular complexity index is 1160. The van der Waals surface area contributed by atoms with Crippen LogP contribution in [0.1, 0.15) is 42.3 Å². The van der Waals surface area contributed by atoms with Gasteiger partial charge in [0.1, 0.15) is 5.76 Å². The topological polar surface area (TPSA) is 76.8 Å². The number of piperidine rings is 1. The summed E-state index contributed by atoms with van der Waals surface area (Å²) >= 11 is 0. The third kappa shape index (κ3) is 6.26. The van der Waals surface area contributed by atoms with Gasteiger partial charge >= 0.3 is 0 Å². The zero-order chi connectivity index (χ0) is 25.5. The number of hydrogen-bond donors (Lipinski definition) is 1. The van der Waals surface area contributed by atoms with E-state index in [1.165, 1.54) is 5.56 Å². The van der Waals surface area contributed by atoms with Gasteiger partial charge < -0.3 is 19.2 Å². The first kappa shape index (κ1) is 25.8. The zero-order valence-electron chi connectivity index (χ0n) is 21.8. The number of amides is 1. The smallest absolute Gasteiger partial charge is 0.226 e. The summed E-state index contributed by atoms with van der Waals surface area (Å²) in [5.74, 6) is 3.01. The van der Waals surface area contributed by atoms with Gasteiger partial charge in [-0.05, 0) is 74.5 Å². The molecule has 1 aromatic heterocycles. The molecule has 1 aliphatic heterocycles. The maximum Gasteiger partial charge on any atom is 0.226 e. The van der Waals surface area contributed by atoms with E-state index in [4.69, 9.17) is 18.9 Å². The van der Waals surface area contributed by atoms with Gasteiger partial charge in [0.25, 0.3) is 0 Å². The van der Waals surface area contributed by atoms with Gasteiger partial charge in [-0.1, -0.05) is 25.1 Å². The molecule has 1 atom stereocenters. The lowest BCUT2D eigenvalue weighted by Gasteiger charge is -2.31. The Balaban J connectivity index is 1.29. The molecule has 0 spiro atoms. The van der Waals surface area contributed by atoms with Crippen molar-refractivity contribution in [3.8, 4) is 23.0 Å². The molecule has 1 aliphatic rings. The number of ether oxygens (including phenoxy) is 2. The SMILES string of the molecule is CCc1ccc(-c2nc(CN3CCC[C@H](C(=O)NCCc4ccc(OC)c(OC)c4)C3)c(C)o2)cc1. The number of aromatic nitrogens is 1. The van der Waals surface area contributed by atoms with E-state index in [9.17, 15) is 4.79 Å². The van der Waals surface area contributed by atoms with E-state index in [1.807, 2.05) is 25.1 Å². The molecule has 192 valence electrons. The van der Waals surface area contributed by atoms with Crippen LogP contribution in [0.15, 0.2) is 46.9 Å². The lowest BCUT2D eigenvalue weighted by molar-refractivity contribution is -0.126. The van der Waals surface area contributed by atoms with Gasteiger partial charge in [0, 0.05) is 25.2 Å². The van der Waals surface area contributed by atoms with Crippen molar-refractivity contribution in [1.82, 2.24) is 15.2 Å². The highest BCUT2D eigenvalue weighted by Gasteiger charge is 2.27. The highest BCUT2D eigenvalue weighted by Crippen LogP contribution is 2.28. The highest BCUT2D eigenvalue weighted by atomic mass is 16.5. The molecule has 0 bridgehead atoms. The number of oxazole rings is 1. The molecule has 1 amide bonds. The van der Waals surface area contributed by atoms with Crippen LogP contribution < -0.4 is 14.8 Å². The number of methoxy groups -OCH3 is 2. The molecule has 2 aromatic carbocycles.